The summed E-state index contributed by atoms with van der Waals surface area (Å²) in [7, 11) is 1.48. The molecule has 0 amide bonds. The maximum Gasteiger partial charge on any atom is 0.472 e. The summed E-state index contributed by atoms with van der Waals surface area (Å²) in [5.74, 6) is -0.806. The Balaban J connectivity index is 4.30. The molecule has 49 heavy (non-hydrogen) atoms. The van der Waals surface area contributed by atoms with E-state index in [1.807, 2.05) is 21.1 Å². The van der Waals surface area contributed by atoms with Crippen molar-refractivity contribution in [2.45, 2.75) is 180 Å². The van der Waals surface area contributed by atoms with E-state index in [-0.39, 0.29) is 32.0 Å². The van der Waals surface area contributed by atoms with Crippen LogP contribution < -0.4 is 0 Å². The van der Waals surface area contributed by atoms with Gasteiger partial charge < -0.3 is 18.9 Å². The molecule has 0 spiro atoms. The highest BCUT2D eigenvalue weighted by atomic mass is 31.2. The molecular weight excluding hydrogens is 641 g/mol. The van der Waals surface area contributed by atoms with Gasteiger partial charge in [-0.3, -0.25) is 18.6 Å². The Bertz CT molecular complexity index is 860. The number of carbonyl (C=O) groups excluding carboxylic acids is 2. The van der Waals surface area contributed by atoms with Gasteiger partial charge in [-0.05, 0) is 38.5 Å². The van der Waals surface area contributed by atoms with Crippen LogP contribution in [0.25, 0.3) is 0 Å². The Morgan fingerprint density at radius 1 is 0.612 bits per heavy atom. The van der Waals surface area contributed by atoms with Crippen molar-refractivity contribution >= 4 is 19.8 Å². The SMILES string of the molecule is CCCCCCCCC/C=C\CCCCCCCCCC(=O)OC(COC(=O)CCCCCCCCC)COP(=O)(O)OCC[N+](C)(C)C. The number of phosphoric ester groups is 1. The lowest BCUT2D eigenvalue weighted by Gasteiger charge is -2.24. The van der Waals surface area contributed by atoms with Crippen LogP contribution in [0.3, 0.4) is 0 Å². The third-order valence-electron chi connectivity index (χ3n) is 8.55. The van der Waals surface area contributed by atoms with Gasteiger partial charge in [0, 0.05) is 12.8 Å². The van der Waals surface area contributed by atoms with E-state index in [0.29, 0.717) is 17.4 Å². The van der Waals surface area contributed by atoms with Crippen LogP contribution >= 0.6 is 7.82 Å². The van der Waals surface area contributed by atoms with E-state index in [9.17, 15) is 19.0 Å². The fraction of sp³-hybridized carbons (Fsp3) is 0.897. The van der Waals surface area contributed by atoms with E-state index in [0.717, 1.165) is 44.9 Å². The number of ether oxygens (including phenoxy) is 2. The number of quaternary nitrogens is 1. The predicted octanol–water partition coefficient (Wildman–Crippen LogP) is 10.6. The fourth-order valence-electron chi connectivity index (χ4n) is 5.36. The summed E-state index contributed by atoms with van der Waals surface area (Å²) >= 11 is 0. The second kappa shape index (κ2) is 32.6. The Morgan fingerprint density at radius 3 is 1.51 bits per heavy atom. The minimum absolute atomic E-state index is 0.0333. The van der Waals surface area contributed by atoms with Crippen LogP contribution in [0.4, 0.5) is 0 Å². The Hall–Kier alpha value is -1.25. The molecule has 0 heterocycles. The molecule has 0 aliphatic carbocycles. The largest absolute Gasteiger partial charge is 0.472 e. The van der Waals surface area contributed by atoms with Crippen LogP contribution in [0, 0.1) is 0 Å². The normalized spacial score (nSPS) is 13.8. The van der Waals surface area contributed by atoms with Gasteiger partial charge >= 0.3 is 19.8 Å². The van der Waals surface area contributed by atoms with E-state index in [2.05, 4.69) is 26.0 Å². The van der Waals surface area contributed by atoms with Gasteiger partial charge in [-0.2, -0.15) is 0 Å². The molecule has 0 fully saturated rings. The van der Waals surface area contributed by atoms with Crippen molar-refractivity contribution < 1.29 is 42.1 Å². The summed E-state index contributed by atoms with van der Waals surface area (Å²) < 4.78 is 34.1. The Morgan fingerprint density at radius 2 is 1.04 bits per heavy atom. The maximum absolute atomic E-state index is 12.6. The van der Waals surface area contributed by atoms with E-state index in [1.165, 1.54) is 96.3 Å². The number of likely N-dealkylation sites (N-methyl/N-ethyl adjacent to an activating group) is 1. The quantitative estimate of drug-likeness (QED) is 0.0224. The molecular formula is C39H77NO8P+. The fourth-order valence-corrected chi connectivity index (χ4v) is 6.10. The van der Waals surface area contributed by atoms with Crippen molar-refractivity contribution in [3.63, 3.8) is 0 Å². The third kappa shape index (κ3) is 36.3. The second-order valence-electron chi connectivity index (χ2n) is 14.7. The summed E-state index contributed by atoms with van der Waals surface area (Å²) in [6.45, 7) is 4.37. The molecule has 0 aromatic rings. The molecule has 0 aliphatic rings. The first kappa shape index (κ1) is 47.8. The molecule has 0 rings (SSSR count). The van der Waals surface area contributed by atoms with Crippen LogP contribution in [-0.4, -0.2) is 74.9 Å². The Labute approximate surface area is 301 Å². The van der Waals surface area contributed by atoms with E-state index in [4.69, 9.17) is 18.5 Å². The van der Waals surface area contributed by atoms with Gasteiger partial charge in [0.2, 0.25) is 0 Å². The van der Waals surface area contributed by atoms with Gasteiger partial charge in [-0.1, -0.05) is 135 Å². The molecule has 0 aromatic carbocycles. The van der Waals surface area contributed by atoms with Crippen LogP contribution in [0.5, 0.6) is 0 Å². The highest BCUT2D eigenvalue weighted by molar-refractivity contribution is 7.47. The van der Waals surface area contributed by atoms with Crippen LogP contribution in [0.15, 0.2) is 12.2 Å². The highest BCUT2D eigenvalue weighted by Gasteiger charge is 2.27. The average Bonchev–Trinajstić information content (AvgIpc) is 3.04. The summed E-state index contributed by atoms with van der Waals surface area (Å²) in [6.07, 6.45) is 31.3. The van der Waals surface area contributed by atoms with Gasteiger partial charge in [0.05, 0.1) is 27.7 Å². The minimum Gasteiger partial charge on any atom is -0.462 e. The maximum atomic E-state index is 12.6. The van der Waals surface area contributed by atoms with Crippen molar-refractivity contribution in [3.05, 3.63) is 12.2 Å². The van der Waals surface area contributed by atoms with Crippen molar-refractivity contribution in [2.24, 2.45) is 0 Å². The number of unbranched alkanes of at least 4 members (excludes halogenated alkanes) is 20. The summed E-state index contributed by atoms with van der Waals surface area (Å²) in [6, 6.07) is 0. The molecule has 2 unspecified atom stereocenters. The van der Waals surface area contributed by atoms with Gasteiger partial charge in [0.15, 0.2) is 6.10 Å². The van der Waals surface area contributed by atoms with Gasteiger partial charge in [0.1, 0.15) is 19.8 Å². The number of rotatable bonds is 36. The molecule has 0 saturated carbocycles. The molecule has 0 aliphatic heterocycles. The summed E-state index contributed by atoms with van der Waals surface area (Å²) in [4.78, 5) is 35.0. The lowest BCUT2D eigenvalue weighted by molar-refractivity contribution is -0.870. The van der Waals surface area contributed by atoms with Crippen molar-refractivity contribution in [1.82, 2.24) is 0 Å². The Kier molecular flexibility index (Phi) is 31.8. The molecule has 290 valence electrons. The number of allylic oxidation sites excluding steroid dienone is 2. The van der Waals surface area contributed by atoms with E-state index >= 15 is 0 Å². The lowest BCUT2D eigenvalue weighted by Crippen LogP contribution is -2.37. The lowest BCUT2D eigenvalue weighted by atomic mass is 10.1. The third-order valence-corrected chi connectivity index (χ3v) is 9.53. The number of carbonyl (C=O) groups is 2. The highest BCUT2D eigenvalue weighted by Crippen LogP contribution is 2.43. The van der Waals surface area contributed by atoms with E-state index < -0.39 is 26.5 Å². The first-order valence-electron chi connectivity index (χ1n) is 19.9. The molecule has 9 nitrogen and oxygen atoms in total. The zero-order chi connectivity index (χ0) is 36.5. The predicted molar refractivity (Wildman–Crippen MR) is 201 cm³/mol. The van der Waals surface area contributed by atoms with Crippen molar-refractivity contribution in [1.29, 1.82) is 0 Å². The first-order valence-corrected chi connectivity index (χ1v) is 21.4. The number of phosphoric acid groups is 1. The zero-order valence-electron chi connectivity index (χ0n) is 32.4. The summed E-state index contributed by atoms with van der Waals surface area (Å²) in [5, 5.41) is 0. The van der Waals surface area contributed by atoms with Gasteiger partial charge in [0.25, 0.3) is 0 Å². The molecule has 0 bridgehead atoms. The summed E-state index contributed by atoms with van der Waals surface area (Å²) in [5.41, 5.74) is 0. The standard InChI is InChI=1S/C39H76NO8P/c1-6-8-10-12-14-15-16-17-18-19-20-21-22-23-24-26-28-30-32-39(42)48-37(36-47-49(43,44)46-34-33-40(3,4)5)35-45-38(41)31-29-27-25-13-11-9-7-2/h18-19,37H,6-17,20-36H2,1-5H3/p+1/b19-18-. The molecule has 1 N–H and O–H groups in total. The van der Waals surface area contributed by atoms with Crippen molar-refractivity contribution in [2.75, 3.05) is 47.5 Å². The molecule has 2 atom stereocenters. The van der Waals surface area contributed by atoms with Crippen LogP contribution in [0.2, 0.25) is 0 Å². The molecule has 0 aromatic heterocycles. The second-order valence-corrected chi connectivity index (χ2v) is 16.1. The first-order chi connectivity index (χ1) is 23.5. The average molecular weight is 719 g/mol. The molecule has 0 saturated heterocycles. The minimum atomic E-state index is -4.36. The number of hydrogen-bond acceptors (Lipinski definition) is 7. The van der Waals surface area contributed by atoms with Crippen LogP contribution in [0.1, 0.15) is 174 Å². The van der Waals surface area contributed by atoms with E-state index in [1.54, 1.807) is 0 Å². The molecule has 10 heteroatoms. The smallest absolute Gasteiger partial charge is 0.462 e. The monoisotopic (exact) mass is 719 g/mol. The topological polar surface area (TPSA) is 108 Å². The number of hydrogen-bond donors (Lipinski definition) is 1. The molecule has 0 radical (unpaired) electrons. The van der Waals surface area contributed by atoms with Gasteiger partial charge in [-0.25, -0.2) is 4.57 Å². The van der Waals surface area contributed by atoms with Gasteiger partial charge in [-0.15, -0.1) is 0 Å². The number of nitrogens with zero attached hydrogens (tertiary/aromatic N) is 1. The zero-order valence-corrected chi connectivity index (χ0v) is 33.3. The number of esters is 2. The van der Waals surface area contributed by atoms with Crippen molar-refractivity contribution in [3.8, 4) is 0 Å². The van der Waals surface area contributed by atoms with Crippen LogP contribution in [-0.2, 0) is 32.7 Å².